The van der Waals surface area contributed by atoms with E-state index in [0.717, 1.165) is 5.56 Å². The second-order valence-electron chi connectivity index (χ2n) is 5.21. The van der Waals surface area contributed by atoms with Gasteiger partial charge in [-0.15, -0.1) is 0 Å². The Balaban J connectivity index is 2.19. The molecule has 104 valence electrons. The normalized spacial score (nSPS) is 17.6. The molecule has 1 atom stereocenters. The summed E-state index contributed by atoms with van der Waals surface area (Å²) in [4.78, 5) is 14.4. The number of nitrogens with zero attached hydrogens (tertiary/aromatic N) is 1. The molecule has 19 heavy (non-hydrogen) atoms. The predicted octanol–water partition coefficient (Wildman–Crippen LogP) is 2.42. The van der Waals surface area contributed by atoms with Crippen LogP contribution in [-0.4, -0.2) is 37.1 Å². The van der Waals surface area contributed by atoms with E-state index in [1.54, 1.807) is 12.1 Å². The highest BCUT2D eigenvalue weighted by Crippen LogP contribution is 2.27. The topological polar surface area (TPSA) is 29.5 Å². The van der Waals surface area contributed by atoms with Crippen LogP contribution in [0.5, 0.6) is 0 Å². The van der Waals surface area contributed by atoms with Gasteiger partial charge in [0.25, 0.3) is 0 Å². The molecule has 3 nitrogen and oxygen atoms in total. The van der Waals surface area contributed by atoms with Gasteiger partial charge in [-0.3, -0.25) is 4.79 Å². The Morgan fingerprint density at radius 1 is 1.21 bits per heavy atom. The van der Waals surface area contributed by atoms with Crippen molar-refractivity contribution in [3.05, 3.63) is 35.6 Å². The van der Waals surface area contributed by atoms with Crippen molar-refractivity contribution in [2.75, 3.05) is 26.3 Å². The third kappa shape index (κ3) is 3.32. The molecule has 1 unspecified atom stereocenters. The van der Waals surface area contributed by atoms with Crippen molar-refractivity contribution in [1.29, 1.82) is 0 Å². The van der Waals surface area contributed by atoms with E-state index < -0.39 is 0 Å². The molecule has 0 radical (unpaired) electrons. The molecule has 0 aromatic heterocycles. The Bertz CT molecular complexity index is 424. The summed E-state index contributed by atoms with van der Waals surface area (Å²) in [6.45, 7) is 6.52. The summed E-state index contributed by atoms with van der Waals surface area (Å²) in [5.74, 6) is -0.186. The van der Waals surface area contributed by atoms with Crippen molar-refractivity contribution in [3.8, 4) is 0 Å². The van der Waals surface area contributed by atoms with Crippen LogP contribution in [0.25, 0.3) is 0 Å². The van der Waals surface area contributed by atoms with Gasteiger partial charge in [0.1, 0.15) is 5.82 Å². The molecule has 2 rings (SSSR count). The molecule has 1 fully saturated rings. The van der Waals surface area contributed by atoms with E-state index in [4.69, 9.17) is 4.74 Å². The van der Waals surface area contributed by atoms with E-state index in [-0.39, 0.29) is 23.6 Å². The number of hydrogen-bond acceptors (Lipinski definition) is 2. The molecule has 0 aliphatic carbocycles. The van der Waals surface area contributed by atoms with Crippen LogP contribution in [0.1, 0.15) is 25.3 Å². The molecule has 0 saturated carbocycles. The van der Waals surface area contributed by atoms with Crippen LogP contribution < -0.4 is 0 Å². The third-order valence-corrected chi connectivity index (χ3v) is 3.48. The fraction of sp³-hybridized carbons (Fsp3) is 0.533. The van der Waals surface area contributed by atoms with Crippen LogP contribution in [0.4, 0.5) is 4.39 Å². The molecule has 0 spiro atoms. The maximum atomic E-state index is 13.0. The molecule has 0 bridgehead atoms. The SMILES string of the molecule is CC(C)C(C(=O)N1CCOCC1)c1ccc(F)cc1. The quantitative estimate of drug-likeness (QED) is 0.840. The number of benzene rings is 1. The first kappa shape index (κ1) is 14.0. The number of carbonyl (C=O) groups is 1. The summed E-state index contributed by atoms with van der Waals surface area (Å²) < 4.78 is 18.3. The summed E-state index contributed by atoms with van der Waals surface area (Å²) in [6, 6.07) is 6.24. The zero-order valence-electron chi connectivity index (χ0n) is 11.4. The number of morpholine rings is 1. The molecule has 1 aliphatic heterocycles. The Kier molecular flexibility index (Phi) is 4.53. The third-order valence-electron chi connectivity index (χ3n) is 3.48. The van der Waals surface area contributed by atoms with Gasteiger partial charge in [-0.1, -0.05) is 26.0 Å². The lowest BCUT2D eigenvalue weighted by molar-refractivity contribution is -0.137. The molecule has 0 N–H and O–H groups in total. The lowest BCUT2D eigenvalue weighted by atomic mass is 9.87. The van der Waals surface area contributed by atoms with Crippen LogP contribution in [-0.2, 0) is 9.53 Å². The monoisotopic (exact) mass is 265 g/mol. The number of rotatable bonds is 3. The highest BCUT2D eigenvalue weighted by molar-refractivity contribution is 5.84. The Morgan fingerprint density at radius 2 is 1.79 bits per heavy atom. The smallest absolute Gasteiger partial charge is 0.230 e. The molecule has 1 aromatic carbocycles. The molecular weight excluding hydrogens is 245 g/mol. The molecule has 4 heteroatoms. The fourth-order valence-electron chi connectivity index (χ4n) is 2.46. The lowest BCUT2D eigenvalue weighted by Crippen LogP contribution is -2.44. The van der Waals surface area contributed by atoms with Gasteiger partial charge < -0.3 is 9.64 Å². The summed E-state index contributed by atoms with van der Waals surface area (Å²) in [5.41, 5.74) is 0.882. The van der Waals surface area contributed by atoms with Gasteiger partial charge in [0.15, 0.2) is 0 Å². The van der Waals surface area contributed by atoms with Crippen LogP contribution in [0.2, 0.25) is 0 Å². The van der Waals surface area contributed by atoms with Crippen molar-refractivity contribution < 1.29 is 13.9 Å². The lowest BCUT2D eigenvalue weighted by Gasteiger charge is -2.32. The van der Waals surface area contributed by atoms with Crippen LogP contribution in [0, 0.1) is 11.7 Å². The van der Waals surface area contributed by atoms with Gasteiger partial charge >= 0.3 is 0 Å². The van der Waals surface area contributed by atoms with Crippen molar-refractivity contribution in [2.45, 2.75) is 19.8 Å². The minimum absolute atomic E-state index is 0.116. The second-order valence-corrected chi connectivity index (χ2v) is 5.21. The standard InChI is InChI=1S/C15H20FNO2/c1-11(2)14(12-3-5-13(16)6-4-12)15(18)17-7-9-19-10-8-17/h3-6,11,14H,7-10H2,1-2H3. The van der Waals surface area contributed by atoms with E-state index in [1.165, 1.54) is 12.1 Å². The van der Waals surface area contributed by atoms with Crippen LogP contribution >= 0.6 is 0 Å². The number of halogens is 1. The predicted molar refractivity (Wildman–Crippen MR) is 71.4 cm³/mol. The first-order chi connectivity index (χ1) is 9.09. The van der Waals surface area contributed by atoms with Gasteiger partial charge in [-0.25, -0.2) is 4.39 Å². The minimum Gasteiger partial charge on any atom is -0.378 e. The number of carbonyl (C=O) groups excluding carboxylic acids is 1. The van der Waals surface area contributed by atoms with E-state index in [9.17, 15) is 9.18 Å². The van der Waals surface area contributed by atoms with E-state index >= 15 is 0 Å². The Hall–Kier alpha value is -1.42. The summed E-state index contributed by atoms with van der Waals surface area (Å²) >= 11 is 0. The Morgan fingerprint density at radius 3 is 2.32 bits per heavy atom. The molecule has 1 amide bonds. The van der Waals surface area contributed by atoms with E-state index in [0.29, 0.717) is 26.3 Å². The molecule has 1 saturated heterocycles. The Labute approximate surface area is 113 Å². The van der Waals surface area contributed by atoms with Crippen molar-refractivity contribution in [1.82, 2.24) is 4.90 Å². The van der Waals surface area contributed by atoms with E-state index in [2.05, 4.69) is 0 Å². The minimum atomic E-state index is -0.273. The van der Waals surface area contributed by atoms with Crippen molar-refractivity contribution in [3.63, 3.8) is 0 Å². The molecule has 1 aromatic rings. The maximum absolute atomic E-state index is 13.0. The maximum Gasteiger partial charge on any atom is 0.230 e. The number of hydrogen-bond donors (Lipinski definition) is 0. The van der Waals surface area contributed by atoms with Gasteiger partial charge in [0.05, 0.1) is 19.1 Å². The van der Waals surface area contributed by atoms with Crippen LogP contribution in [0.3, 0.4) is 0 Å². The summed E-state index contributed by atoms with van der Waals surface area (Å²) in [6.07, 6.45) is 0. The van der Waals surface area contributed by atoms with E-state index in [1.807, 2.05) is 18.7 Å². The summed E-state index contributed by atoms with van der Waals surface area (Å²) in [5, 5.41) is 0. The second kappa shape index (κ2) is 6.15. The number of amides is 1. The highest BCUT2D eigenvalue weighted by Gasteiger charge is 2.29. The highest BCUT2D eigenvalue weighted by atomic mass is 19.1. The average molecular weight is 265 g/mol. The summed E-state index contributed by atoms with van der Waals surface area (Å²) in [7, 11) is 0. The van der Waals surface area contributed by atoms with Gasteiger partial charge in [-0.2, -0.15) is 0 Å². The largest absolute Gasteiger partial charge is 0.378 e. The van der Waals surface area contributed by atoms with Gasteiger partial charge in [0, 0.05) is 13.1 Å². The molecule has 1 aliphatic rings. The molecular formula is C15H20FNO2. The van der Waals surface area contributed by atoms with Crippen molar-refractivity contribution in [2.24, 2.45) is 5.92 Å². The first-order valence-corrected chi connectivity index (χ1v) is 6.71. The zero-order valence-corrected chi connectivity index (χ0v) is 11.4. The van der Waals surface area contributed by atoms with Crippen LogP contribution in [0.15, 0.2) is 24.3 Å². The zero-order chi connectivity index (χ0) is 13.8. The first-order valence-electron chi connectivity index (χ1n) is 6.71. The molecule has 1 heterocycles. The van der Waals surface area contributed by atoms with Gasteiger partial charge in [-0.05, 0) is 23.6 Å². The average Bonchev–Trinajstić information content (AvgIpc) is 2.42. The van der Waals surface area contributed by atoms with Gasteiger partial charge in [0.2, 0.25) is 5.91 Å². The van der Waals surface area contributed by atoms with Crippen molar-refractivity contribution >= 4 is 5.91 Å². The fourth-order valence-corrected chi connectivity index (χ4v) is 2.46. The number of ether oxygens (including phenoxy) is 1.